The van der Waals surface area contributed by atoms with E-state index < -0.39 is 11.9 Å². The molecule has 0 radical (unpaired) electrons. The minimum absolute atomic E-state index is 0.0471. The van der Waals surface area contributed by atoms with E-state index in [0.717, 1.165) is 10.9 Å². The van der Waals surface area contributed by atoms with E-state index in [0.29, 0.717) is 13.1 Å². The third-order valence-electron chi connectivity index (χ3n) is 2.28. The van der Waals surface area contributed by atoms with Crippen molar-refractivity contribution in [2.45, 2.75) is 19.6 Å². The van der Waals surface area contributed by atoms with E-state index in [1.807, 2.05) is 0 Å². The Morgan fingerprint density at radius 1 is 1.25 bits per heavy atom. The van der Waals surface area contributed by atoms with Gasteiger partial charge in [0.25, 0.3) is 0 Å². The summed E-state index contributed by atoms with van der Waals surface area (Å²) in [6, 6.07) is 0.891. The second kappa shape index (κ2) is 6.04. The van der Waals surface area contributed by atoms with Crippen molar-refractivity contribution in [3.05, 3.63) is 28.3 Å². The molecule has 2 aromatic heterocycles. The third kappa shape index (κ3) is 3.80. The number of alkyl halides is 3. The highest BCUT2D eigenvalue weighted by Crippen LogP contribution is 2.29. The van der Waals surface area contributed by atoms with Gasteiger partial charge in [0, 0.05) is 23.7 Å². The Kier molecular flexibility index (Phi) is 4.38. The van der Waals surface area contributed by atoms with Crippen molar-refractivity contribution in [3.8, 4) is 0 Å². The highest BCUT2D eigenvalue weighted by atomic mass is 32.1. The smallest absolute Gasteiger partial charge is 0.365 e. The fraction of sp³-hybridized carbons (Fsp3) is 0.364. The maximum atomic E-state index is 12.7. The maximum Gasteiger partial charge on any atom is 0.433 e. The number of hydrogen-bond donors (Lipinski definition) is 2. The molecule has 2 rings (SSSR count). The number of thiazole rings is 1. The van der Waals surface area contributed by atoms with Crippen LogP contribution in [0.5, 0.6) is 0 Å². The number of aromatic nitrogens is 3. The third-order valence-corrected chi connectivity index (χ3v) is 3.06. The second-order valence-corrected chi connectivity index (χ2v) is 4.78. The highest BCUT2D eigenvalue weighted by Gasteiger charge is 2.33. The minimum atomic E-state index is -4.51. The Labute approximate surface area is 117 Å². The fourth-order valence-corrected chi connectivity index (χ4v) is 1.96. The van der Waals surface area contributed by atoms with Gasteiger partial charge in [0.1, 0.15) is 5.82 Å². The Morgan fingerprint density at radius 3 is 2.65 bits per heavy atom. The molecular weight excluding hydrogens is 291 g/mol. The van der Waals surface area contributed by atoms with Crippen molar-refractivity contribution >= 4 is 23.1 Å². The summed E-state index contributed by atoms with van der Waals surface area (Å²) in [6.45, 7) is 2.56. The standard InChI is InChI=1S/C11H12F3N5S/c1-2-16-10-18-8(11(12,13)14)3-9(19-10)17-5-7-4-15-6-20-7/h3-4,6H,2,5H2,1H3,(H2,16,17,18,19). The summed E-state index contributed by atoms with van der Waals surface area (Å²) in [5.74, 6) is 0.0748. The molecule has 20 heavy (non-hydrogen) atoms. The van der Waals surface area contributed by atoms with E-state index in [4.69, 9.17) is 0 Å². The van der Waals surface area contributed by atoms with Crippen LogP contribution in [-0.2, 0) is 12.7 Å². The molecule has 2 N–H and O–H groups in total. The maximum absolute atomic E-state index is 12.7. The van der Waals surface area contributed by atoms with E-state index in [-0.39, 0.29) is 11.8 Å². The lowest BCUT2D eigenvalue weighted by atomic mass is 10.3. The van der Waals surface area contributed by atoms with Crippen LogP contribution in [0.4, 0.5) is 24.9 Å². The van der Waals surface area contributed by atoms with E-state index in [9.17, 15) is 13.2 Å². The number of nitrogens with zero attached hydrogens (tertiary/aromatic N) is 3. The average Bonchev–Trinajstić information content (AvgIpc) is 2.88. The molecule has 0 fully saturated rings. The lowest BCUT2D eigenvalue weighted by Gasteiger charge is -2.11. The van der Waals surface area contributed by atoms with Crippen molar-refractivity contribution in [1.29, 1.82) is 0 Å². The Bertz CT molecular complexity index is 556. The van der Waals surface area contributed by atoms with Crippen LogP contribution in [0.3, 0.4) is 0 Å². The van der Waals surface area contributed by atoms with Gasteiger partial charge in [-0.25, -0.2) is 4.98 Å². The van der Waals surface area contributed by atoms with Crippen molar-refractivity contribution in [2.24, 2.45) is 0 Å². The van der Waals surface area contributed by atoms with Gasteiger partial charge in [-0.15, -0.1) is 11.3 Å². The van der Waals surface area contributed by atoms with Gasteiger partial charge in [-0.05, 0) is 6.92 Å². The molecule has 0 aromatic carbocycles. The molecule has 0 aliphatic rings. The molecule has 0 saturated heterocycles. The van der Waals surface area contributed by atoms with Crippen molar-refractivity contribution in [2.75, 3.05) is 17.2 Å². The Morgan fingerprint density at radius 2 is 2.05 bits per heavy atom. The van der Waals surface area contributed by atoms with E-state index in [1.54, 1.807) is 18.6 Å². The number of halogens is 3. The van der Waals surface area contributed by atoms with Crippen molar-refractivity contribution < 1.29 is 13.2 Å². The van der Waals surface area contributed by atoms with E-state index >= 15 is 0 Å². The van der Waals surface area contributed by atoms with Gasteiger partial charge >= 0.3 is 6.18 Å². The fourth-order valence-electron chi connectivity index (χ4n) is 1.43. The van der Waals surface area contributed by atoms with Gasteiger partial charge < -0.3 is 10.6 Å². The summed E-state index contributed by atoms with van der Waals surface area (Å²) in [5, 5.41) is 5.52. The largest absolute Gasteiger partial charge is 0.433 e. The number of nitrogens with one attached hydrogen (secondary N) is 2. The van der Waals surface area contributed by atoms with Crippen LogP contribution in [-0.4, -0.2) is 21.5 Å². The zero-order chi connectivity index (χ0) is 14.6. The lowest BCUT2D eigenvalue weighted by Crippen LogP contribution is -2.14. The summed E-state index contributed by atoms with van der Waals surface area (Å²) >= 11 is 1.41. The topological polar surface area (TPSA) is 62.7 Å². The monoisotopic (exact) mass is 303 g/mol. The molecule has 0 aliphatic heterocycles. The van der Waals surface area contributed by atoms with Gasteiger partial charge in [-0.2, -0.15) is 18.2 Å². The molecule has 0 unspecified atom stereocenters. The first-order chi connectivity index (χ1) is 9.49. The normalized spacial score (nSPS) is 11.4. The summed E-state index contributed by atoms with van der Waals surface area (Å²) in [6.07, 6.45) is -2.86. The summed E-state index contributed by atoms with van der Waals surface area (Å²) in [7, 11) is 0. The molecule has 0 bridgehead atoms. The molecular formula is C11H12F3N5S. The molecule has 2 aromatic rings. The summed E-state index contributed by atoms with van der Waals surface area (Å²) in [4.78, 5) is 12.2. The van der Waals surface area contributed by atoms with Crippen LogP contribution in [0.15, 0.2) is 17.8 Å². The number of hydrogen-bond acceptors (Lipinski definition) is 6. The molecule has 0 amide bonds. The first-order valence-electron chi connectivity index (χ1n) is 5.80. The number of anilines is 2. The van der Waals surface area contributed by atoms with Crippen LogP contribution in [0.25, 0.3) is 0 Å². The quantitative estimate of drug-likeness (QED) is 0.889. The van der Waals surface area contributed by atoms with Crippen molar-refractivity contribution in [1.82, 2.24) is 15.0 Å². The Balaban J connectivity index is 2.20. The van der Waals surface area contributed by atoms with Crippen LogP contribution in [0, 0.1) is 0 Å². The molecule has 108 valence electrons. The summed E-state index contributed by atoms with van der Waals surface area (Å²) < 4.78 is 38.2. The first kappa shape index (κ1) is 14.5. The Hall–Kier alpha value is -1.90. The predicted octanol–water partition coefficient (Wildman–Crippen LogP) is 3.00. The molecule has 0 spiro atoms. The van der Waals surface area contributed by atoms with Gasteiger partial charge in [0.2, 0.25) is 5.95 Å². The second-order valence-electron chi connectivity index (χ2n) is 3.81. The van der Waals surface area contributed by atoms with Gasteiger partial charge in [-0.1, -0.05) is 0 Å². The van der Waals surface area contributed by atoms with Gasteiger partial charge in [0.15, 0.2) is 5.69 Å². The van der Waals surface area contributed by atoms with Gasteiger partial charge in [-0.3, -0.25) is 4.98 Å². The molecule has 2 heterocycles. The molecule has 9 heteroatoms. The average molecular weight is 303 g/mol. The van der Waals surface area contributed by atoms with Gasteiger partial charge in [0.05, 0.1) is 12.1 Å². The zero-order valence-electron chi connectivity index (χ0n) is 10.5. The molecule has 0 saturated carbocycles. The first-order valence-corrected chi connectivity index (χ1v) is 6.68. The molecule has 0 atom stereocenters. The lowest BCUT2D eigenvalue weighted by molar-refractivity contribution is -0.141. The van der Waals surface area contributed by atoms with Crippen molar-refractivity contribution in [3.63, 3.8) is 0 Å². The number of rotatable bonds is 5. The zero-order valence-corrected chi connectivity index (χ0v) is 11.3. The molecule has 5 nitrogen and oxygen atoms in total. The van der Waals surface area contributed by atoms with Crippen LogP contribution in [0.2, 0.25) is 0 Å². The SMILES string of the molecule is CCNc1nc(NCc2cncs2)cc(C(F)(F)F)n1. The summed E-state index contributed by atoms with van der Waals surface area (Å²) in [5.41, 5.74) is 0.678. The van der Waals surface area contributed by atoms with E-state index in [2.05, 4.69) is 25.6 Å². The van der Waals surface area contributed by atoms with Crippen LogP contribution < -0.4 is 10.6 Å². The van der Waals surface area contributed by atoms with E-state index in [1.165, 1.54) is 11.3 Å². The predicted molar refractivity (Wildman–Crippen MR) is 70.6 cm³/mol. The highest BCUT2D eigenvalue weighted by molar-refractivity contribution is 7.09. The van der Waals surface area contributed by atoms with Crippen LogP contribution >= 0.6 is 11.3 Å². The minimum Gasteiger partial charge on any atom is -0.365 e. The van der Waals surface area contributed by atoms with Crippen LogP contribution in [0.1, 0.15) is 17.5 Å². The molecule has 0 aliphatic carbocycles.